The van der Waals surface area contributed by atoms with Crippen LogP contribution in [0.5, 0.6) is 5.75 Å². The van der Waals surface area contributed by atoms with Crippen LogP contribution in [0.15, 0.2) is 18.5 Å². The lowest BCUT2D eigenvalue weighted by atomic mass is 10.2. The summed E-state index contributed by atoms with van der Waals surface area (Å²) >= 11 is 0. The van der Waals surface area contributed by atoms with Gasteiger partial charge in [-0.25, -0.2) is 0 Å². The van der Waals surface area contributed by atoms with Crippen molar-refractivity contribution in [1.82, 2.24) is 9.88 Å². The molecule has 1 saturated heterocycles. The van der Waals surface area contributed by atoms with Crippen LogP contribution in [0.25, 0.3) is 0 Å². The third-order valence-electron chi connectivity index (χ3n) is 3.77. The van der Waals surface area contributed by atoms with E-state index in [9.17, 15) is 0 Å². The van der Waals surface area contributed by atoms with E-state index in [2.05, 4.69) is 28.8 Å². The van der Waals surface area contributed by atoms with Crippen LogP contribution < -0.4 is 4.74 Å². The first kappa shape index (κ1) is 15.8. The number of aliphatic hydroxyl groups is 1. The molecule has 0 unspecified atom stereocenters. The van der Waals surface area contributed by atoms with Crippen molar-refractivity contribution in [2.75, 3.05) is 26.8 Å². The molecule has 4 heteroatoms. The summed E-state index contributed by atoms with van der Waals surface area (Å²) in [6, 6.07) is 2.46. The first-order valence-corrected chi connectivity index (χ1v) is 7.67. The normalized spacial score (nSPS) is 18.3. The van der Waals surface area contributed by atoms with E-state index < -0.39 is 0 Å². The molecule has 1 aromatic rings. The van der Waals surface area contributed by atoms with E-state index >= 15 is 0 Å². The molecule has 1 aliphatic rings. The highest BCUT2D eigenvalue weighted by molar-refractivity contribution is 5.36. The minimum atomic E-state index is 0.238. The Morgan fingerprint density at radius 3 is 3.10 bits per heavy atom. The Bertz CT molecular complexity index is 493. The van der Waals surface area contributed by atoms with Gasteiger partial charge in [0.05, 0.1) is 6.20 Å². The maximum Gasteiger partial charge on any atom is 0.138 e. The Morgan fingerprint density at radius 1 is 1.43 bits per heavy atom. The van der Waals surface area contributed by atoms with Crippen LogP contribution in [0, 0.1) is 11.8 Å². The number of ether oxygens (including phenoxy) is 1. The lowest BCUT2D eigenvalue weighted by Crippen LogP contribution is -2.30. The van der Waals surface area contributed by atoms with Crippen molar-refractivity contribution >= 4 is 0 Å². The van der Waals surface area contributed by atoms with Gasteiger partial charge in [-0.05, 0) is 45.3 Å². The summed E-state index contributed by atoms with van der Waals surface area (Å²) in [4.78, 5) is 6.53. The average Bonchev–Trinajstić information content (AvgIpc) is 2.91. The van der Waals surface area contributed by atoms with Crippen LogP contribution in [-0.4, -0.2) is 47.8 Å². The standard InChI is InChI=1S/C17H24N2O2/c1-19-9-6-8-16(19)14-21-17-11-15(12-18-13-17)7-4-2-3-5-10-20/h11-13,16,20H,2-3,5-6,8-10,14H2,1H3/t16-/m0/s1. The van der Waals surface area contributed by atoms with Crippen LogP contribution in [0.3, 0.4) is 0 Å². The summed E-state index contributed by atoms with van der Waals surface area (Å²) in [7, 11) is 2.15. The number of aromatic nitrogens is 1. The van der Waals surface area contributed by atoms with Crippen LogP contribution >= 0.6 is 0 Å². The highest BCUT2D eigenvalue weighted by Crippen LogP contribution is 2.17. The summed E-state index contributed by atoms with van der Waals surface area (Å²) in [5.41, 5.74) is 0.885. The molecule has 1 aliphatic heterocycles. The SMILES string of the molecule is CN1CCC[C@H]1COc1cncc(C#CCCCCO)c1. The maximum absolute atomic E-state index is 8.71. The molecular formula is C17H24N2O2. The van der Waals surface area contributed by atoms with Crippen LogP contribution in [0.4, 0.5) is 0 Å². The van der Waals surface area contributed by atoms with E-state index in [0.717, 1.165) is 37.1 Å². The predicted octanol–water partition coefficient (Wildman–Crippen LogP) is 2.07. The second-order valence-electron chi connectivity index (χ2n) is 5.48. The van der Waals surface area contributed by atoms with Crippen molar-refractivity contribution in [3.8, 4) is 17.6 Å². The molecule has 0 aliphatic carbocycles. The molecule has 1 fully saturated rings. The van der Waals surface area contributed by atoms with E-state index in [4.69, 9.17) is 9.84 Å². The lowest BCUT2D eigenvalue weighted by molar-refractivity contribution is 0.198. The first-order valence-electron chi connectivity index (χ1n) is 7.67. The lowest BCUT2D eigenvalue weighted by Gasteiger charge is -2.19. The Hall–Kier alpha value is -1.57. The summed E-state index contributed by atoms with van der Waals surface area (Å²) in [5, 5.41) is 8.71. The van der Waals surface area contributed by atoms with Gasteiger partial charge in [0.15, 0.2) is 0 Å². The number of hydrogen-bond donors (Lipinski definition) is 1. The summed E-state index contributed by atoms with van der Waals surface area (Å²) in [6.07, 6.45) is 8.50. The molecule has 0 saturated carbocycles. The largest absolute Gasteiger partial charge is 0.490 e. The fourth-order valence-electron chi connectivity index (χ4n) is 2.44. The van der Waals surface area contributed by atoms with Crippen LogP contribution in [0.2, 0.25) is 0 Å². The van der Waals surface area contributed by atoms with E-state index in [1.807, 2.05) is 6.07 Å². The molecule has 0 spiro atoms. The van der Waals surface area contributed by atoms with Crippen LogP contribution in [0.1, 0.15) is 37.7 Å². The highest BCUT2D eigenvalue weighted by atomic mass is 16.5. The monoisotopic (exact) mass is 288 g/mol. The Kier molecular flexibility index (Phi) is 6.52. The van der Waals surface area contributed by atoms with Gasteiger partial charge in [0.25, 0.3) is 0 Å². The zero-order chi connectivity index (χ0) is 14.9. The quantitative estimate of drug-likeness (QED) is 0.643. The van der Waals surface area contributed by atoms with Crippen molar-refractivity contribution in [3.63, 3.8) is 0 Å². The molecule has 21 heavy (non-hydrogen) atoms. The van der Waals surface area contributed by atoms with Crippen molar-refractivity contribution in [3.05, 3.63) is 24.0 Å². The average molecular weight is 288 g/mol. The molecule has 0 aromatic carbocycles. The third-order valence-corrected chi connectivity index (χ3v) is 3.77. The number of nitrogens with zero attached hydrogens (tertiary/aromatic N) is 2. The second-order valence-corrected chi connectivity index (χ2v) is 5.48. The van der Waals surface area contributed by atoms with Crippen LogP contribution in [-0.2, 0) is 0 Å². The fourth-order valence-corrected chi connectivity index (χ4v) is 2.44. The van der Waals surface area contributed by atoms with Crippen molar-refractivity contribution in [1.29, 1.82) is 0 Å². The molecule has 0 amide bonds. The molecule has 0 bridgehead atoms. The summed E-state index contributed by atoms with van der Waals surface area (Å²) in [5.74, 6) is 6.99. The zero-order valence-electron chi connectivity index (χ0n) is 12.7. The van der Waals surface area contributed by atoms with Gasteiger partial charge in [-0.15, -0.1) is 0 Å². The van der Waals surface area contributed by atoms with E-state index in [0.29, 0.717) is 12.6 Å². The number of aliphatic hydroxyl groups excluding tert-OH is 1. The Balaban J connectivity index is 1.82. The van der Waals surface area contributed by atoms with Crippen molar-refractivity contribution in [2.24, 2.45) is 0 Å². The van der Waals surface area contributed by atoms with Crippen molar-refractivity contribution in [2.45, 2.75) is 38.1 Å². The Morgan fingerprint density at radius 2 is 2.33 bits per heavy atom. The molecule has 2 heterocycles. The van der Waals surface area contributed by atoms with Gasteiger partial charge in [-0.3, -0.25) is 4.98 Å². The molecule has 1 N–H and O–H groups in total. The molecule has 4 nitrogen and oxygen atoms in total. The van der Waals surface area contributed by atoms with Gasteiger partial charge < -0.3 is 14.7 Å². The molecule has 114 valence electrons. The number of rotatable bonds is 6. The predicted molar refractivity (Wildman–Crippen MR) is 83.2 cm³/mol. The summed E-state index contributed by atoms with van der Waals surface area (Å²) in [6.45, 7) is 2.11. The molecule has 2 rings (SSSR count). The first-order chi connectivity index (χ1) is 10.3. The summed E-state index contributed by atoms with van der Waals surface area (Å²) < 4.78 is 5.84. The number of likely N-dealkylation sites (N-methyl/N-ethyl adjacent to an activating group) is 1. The van der Waals surface area contributed by atoms with Gasteiger partial charge in [0.1, 0.15) is 12.4 Å². The number of hydrogen-bond acceptors (Lipinski definition) is 4. The fraction of sp³-hybridized carbons (Fsp3) is 0.588. The second kappa shape index (κ2) is 8.66. The zero-order valence-corrected chi connectivity index (χ0v) is 12.7. The van der Waals surface area contributed by atoms with E-state index in [1.165, 1.54) is 12.8 Å². The minimum absolute atomic E-state index is 0.238. The van der Waals surface area contributed by atoms with E-state index in [1.54, 1.807) is 12.4 Å². The molecule has 1 atom stereocenters. The van der Waals surface area contributed by atoms with Gasteiger partial charge in [0, 0.05) is 30.8 Å². The smallest absolute Gasteiger partial charge is 0.138 e. The number of likely N-dealkylation sites (tertiary alicyclic amines) is 1. The Labute approximate surface area is 127 Å². The molecular weight excluding hydrogens is 264 g/mol. The maximum atomic E-state index is 8.71. The van der Waals surface area contributed by atoms with Crippen molar-refractivity contribution < 1.29 is 9.84 Å². The minimum Gasteiger partial charge on any atom is -0.490 e. The topological polar surface area (TPSA) is 45.6 Å². The molecule has 1 aromatic heterocycles. The van der Waals surface area contributed by atoms with Gasteiger partial charge in [-0.1, -0.05) is 11.8 Å². The van der Waals surface area contributed by atoms with Gasteiger partial charge in [-0.2, -0.15) is 0 Å². The highest BCUT2D eigenvalue weighted by Gasteiger charge is 2.21. The molecule has 0 radical (unpaired) electrons. The number of pyridine rings is 1. The van der Waals surface area contributed by atoms with E-state index in [-0.39, 0.29) is 6.61 Å². The third kappa shape index (κ3) is 5.37. The van der Waals surface area contributed by atoms with Gasteiger partial charge >= 0.3 is 0 Å². The number of unbranched alkanes of at least 4 members (excludes halogenated alkanes) is 2. The van der Waals surface area contributed by atoms with Gasteiger partial charge in [0.2, 0.25) is 0 Å².